The fourth-order valence-corrected chi connectivity index (χ4v) is 2.61. The van der Waals surface area contributed by atoms with Crippen LogP contribution >= 0.6 is 0 Å². The summed E-state index contributed by atoms with van der Waals surface area (Å²) >= 11 is 0. The van der Waals surface area contributed by atoms with Crippen LogP contribution in [-0.4, -0.2) is 27.9 Å². The van der Waals surface area contributed by atoms with Crippen LogP contribution in [0.25, 0.3) is 11.0 Å². The molecule has 6 heteroatoms. The third kappa shape index (κ3) is 4.28. The molecule has 2 aromatic carbocycles. The van der Waals surface area contributed by atoms with Crippen molar-refractivity contribution in [2.75, 3.05) is 5.32 Å². The summed E-state index contributed by atoms with van der Waals surface area (Å²) in [6, 6.07) is 12.4. The SMILES string of the molecule is Cc1cccc(NC(=O)C(C)OC(=O)c2ccc3nc(C)c(C)nc3c2)c1. The van der Waals surface area contributed by atoms with Gasteiger partial charge in [-0.2, -0.15) is 0 Å². The Morgan fingerprint density at radius 1 is 0.963 bits per heavy atom. The maximum Gasteiger partial charge on any atom is 0.338 e. The third-order valence-corrected chi connectivity index (χ3v) is 4.25. The van der Waals surface area contributed by atoms with Gasteiger partial charge >= 0.3 is 5.97 Å². The summed E-state index contributed by atoms with van der Waals surface area (Å²) in [5, 5.41) is 2.74. The van der Waals surface area contributed by atoms with E-state index in [1.807, 2.05) is 39.0 Å². The van der Waals surface area contributed by atoms with Gasteiger partial charge in [-0.1, -0.05) is 12.1 Å². The minimum Gasteiger partial charge on any atom is -0.449 e. The van der Waals surface area contributed by atoms with Gasteiger partial charge in [-0.15, -0.1) is 0 Å². The Hall–Kier alpha value is -3.28. The van der Waals surface area contributed by atoms with E-state index in [0.717, 1.165) is 17.0 Å². The van der Waals surface area contributed by atoms with Crippen molar-refractivity contribution in [1.29, 1.82) is 0 Å². The number of benzene rings is 2. The summed E-state index contributed by atoms with van der Waals surface area (Å²) in [7, 11) is 0. The summed E-state index contributed by atoms with van der Waals surface area (Å²) in [6.45, 7) is 7.23. The van der Waals surface area contributed by atoms with E-state index in [1.54, 1.807) is 24.3 Å². The van der Waals surface area contributed by atoms with Crippen LogP contribution < -0.4 is 5.32 Å². The number of aromatic nitrogens is 2. The van der Waals surface area contributed by atoms with E-state index in [2.05, 4.69) is 15.3 Å². The predicted molar refractivity (Wildman–Crippen MR) is 104 cm³/mol. The van der Waals surface area contributed by atoms with Gasteiger partial charge in [-0.25, -0.2) is 14.8 Å². The molecule has 0 aliphatic carbocycles. The highest BCUT2D eigenvalue weighted by molar-refractivity contribution is 5.98. The molecule has 0 saturated carbocycles. The number of nitrogens with one attached hydrogen (secondary N) is 1. The highest BCUT2D eigenvalue weighted by Crippen LogP contribution is 2.16. The highest BCUT2D eigenvalue weighted by Gasteiger charge is 2.19. The molecular weight excluding hydrogens is 342 g/mol. The lowest BCUT2D eigenvalue weighted by molar-refractivity contribution is -0.123. The highest BCUT2D eigenvalue weighted by atomic mass is 16.5. The molecule has 27 heavy (non-hydrogen) atoms. The molecule has 0 aliphatic rings. The predicted octanol–water partition coefficient (Wildman–Crippen LogP) is 3.74. The van der Waals surface area contributed by atoms with E-state index in [1.165, 1.54) is 6.92 Å². The Morgan fingerprint density at radius 2 is 1.67 bits per heavy atom. The molecule has 3 rings (SSSR count). The fraction of sp³-hybridized carbons (Fsp3) is 0.238. The first-order valence-electron chi connectivity index (χ1n) is 8.67. The molecule has 0 radical (unpaired) electrons. The average molecular weight is 363 g/mol. The van der Waals surface area contributed by atoms with Gasteiger partial charge in [0, 0.05) is 5.69 Å². The van der Waals surface area contributed by atoms with Gasteiger partial charge in [0.2, 0.25) is 0 Å². The Morgan fingerprint density at radius 3 is 2.37 bits per heavy atom. The van der Waals surface area contributed by atoms with Crippen molar-refractivity contribution < 1.29 is 14.3 Å². The minimum atomic E-state index is -0.931. The number of amides is 1. The van der Waals surface area contributed by atoms with Crippen molar-refractivity contribution in [3.05, 3.63) is 65.0 Å². The first-order valence-corrected chi connectivity index (χ1v) is 8.67. The molecule has 1 amide bonds. The zero-order valence-electron chi connectivity index (χ0n) is 15.7. The second-order valence-electron chi connectivity index (χ2n) is 6.50. The summed E-state index contributed by atoms with van der Waals surface area (Å²) in [5.74, 6) is -0.968. The number of fused-ring (bicyclic) bond motifs is 1. The van der Waals surface area contributed by atoms with E-state index in [0.29, 0.717) is 22.3 Å². The number of hydrogen-bond donors (Lipinski definition) is 1. The Bertz CT molecular complexity index is 1030. The molecule has 1 aromatic heterocycles. The minimum absolute atomic E-state index is 0.329. The number of carbonyl (C=O) groups excluding carboxylic acids is 2. The summed E-state index contributed by atoms with van der Waals surface area (Å²) < 4.78 is 5.30. The van der Waals surface area contributed by atoms with Gasteiger partial charge in [0.25, 0.3) is 5.91 Å². The van der Waals surface area contributed by atoms with Gasteiger partial charge in [0.05, 0.1) is 28.0 Å². The second-order valence-corrected chi connectivity index (χ2v) is 6.50. The zero-order valence-corrected chi connectivity index (χ0v) is 15.7. The number of anilines is 1. The van der Waals surface area contributed by atoms with Crippen molar-refractivity contribution >= 4 is 28.6 Å². The van der Waals surface area contributed by atoms with E-state index >= 15 is 0 Å². The van der Waals surface area contributed by atoms with Crippen LogP contribution in [0.2, 0.25) is 0 Å². The standard InChI is InChI=1S/C21H21N3O3/c1-12-6-5-7-17(10-12)24-20(25)15(4)27-21(26)16-8-9-18-19(11-16)23-14(3)13(2)22-18/h5-11,15H,1-4H3,(H,24,25). The summed E-state index contributed by atoms with van der Waals surface area (Å²) in [4.78, 5) is 33.6. The Labute approximate surface area is 157 Å². The molecule has 3 aromatic rings. The van der Waals surface area contributed by atoms with E-state index in [4.69, 9.17) is 4.74 Å². The van der Waals surface area contributed by atoms with Crippen LogP contribution in [0.3, 0.4) is 0 Å². The fourth-order valence-electron chi connectivity index (χ4n) is 2.61. The number of rotatable bonds is 4. The van der Waals surface area contributed by atoms with Gasteiger partial charge in [-0.05, 0) is 63.6 Å². The molecule has 1 heterocycles. The molecule has 0 saturated heterocycles. The van der Waals surface area contributed by atoms with Crippen LogP contribution in [0.15, 0.2) is 42.5 Å². The molecular formula is C21H21N3O3. The molecule has 1 N–H and O–H groups in total. The first-order chi connectivity index (χ1) is 12.8. The van der Waals surface area contributed by atoms with Crippen LogP contribution in [0.4, 0.5) is 5.69 Å². The van der Waals surface area contributed by atoms with Crippen LogP contribution in [0, 0.1) is 20.8 Å². The summed E-state index contributed by atoms with van der Waals surface area (Å²) in [6.07, 6.45) is -0.931. The lowest BCUT2D eigenvalue weighted by Gasteiger charge is -2.14. The number of carbonyl (C=O) groups is 2. The number of nitrogens with zero attached hydrogens (tertiary/aromatic N) is 2. The number of esters is 1. The van der Waals surface area contributed by atoms with E-state index in [9.17, 15) is 9.59 Å². The molecule has 1 atom stereocenters. The maximum atomic E-state index is 12.4. The normalized spacial score (nSPS) is 11.9. The molecule has 0 spiro atoms. The van der Waals surface area contributed by atoms with Crippen LogP contribution in [0.1, 0.15) is 34.2 Å². The largest absolute Gasteiger partial charge is 0.449 e. The molecule has 0 bridgehead atoms. The third-order valence-electron chi connectivity index (χ3n) is 4.25. The van der Waals surface area contributed by atoms with Gasteiger partial charge < -0.3 is 10.1 Å². The van der Waals surface area contributed by atoms with Crippen LogP contribution in [0.5, 0.6) is 0 Å². The quantitative estimate of drug-likeness (QED) is 0.714. The van der Waals surface area contributed by atoms with Crippen molar-refractivity contribution in [3.63, 3.8) is 0 Å². The number of aryl methyl sites for hydroxylation is 3. The number of ether oxygens (including phenoxy) is 1. The topological polar surface area (TPSA) is 81.2 Å². The molecule has 138 valence electrons. The van der Waals surface area contributed by atoms with E-state index < -0.39 is 12.1 Å². The Balaban J connectivity index is 1.71. The lowest BCUT2D eigenvalue weighted by atomic mass is 10.2. The first kappa shape index (κ1) is 18.5. The average Bonchev–Trinajstić information content (AvgIpc) is 2.62. The Kier molecular flexibility index (Phi) is 5.16. The zero-order chi connectivity index (χ0) is 19.6. The molecule has 0 aliphatic heterocycles. The van der Waals surface area contributed by atoms with Gasteiger partial charge in [0.1, 0.15) is 0 Å². The smallest absolute Gasteiger partial charge is 0.338 e. The summed E-state index contributed by atoms with van der Waals surface area (Å²) in [5.41, 5.74) is 4.99. The monoisotopic (exact) mass is 363 g/mol. The van der Waals surface area contributed by atoms with Crippen molar-refractivity contribution in [1.82, 2.24) is 9.97 Å². The maximum absolute atomic E-state index is 12.4. The van der Waals surface area contributed by atoms with Gasteiger partial charge in [-0.3, -0.25) is 4.79 Å². The molecule has 6 nitrogen and oxygen atoms in total. The lowest BCUT2D eigenvalue weighted by Crippen LogP contribution is -2.30. The molecule has 0 fully saturated rings. The van der Waals surface area contributed by atoms with Crippen molar-refractivity contribution in [2.24, 2.45) is 0 Å². The van der Waals surface area contributed by atoms with E-state index in [-0.39, 0.29) is 5.91 Å². The van der Waals surface area contributed by atoms with Crippen LogP contribution in [-0.2, 0) is 9.53 Å². The van der Waals surface area contributed by atoms with Gasteiger partial charge in [0.15, 0.2) is 6.10 Å². The second kappa shape index (κ2) is 7.53. The van der Waals surface area contributed by atoms with Crippen molar-refractivity contribution in [2.45, 2.75) is 33.8 Å². The van der Waals surface area contributed by atoms with Crippen molar-refractivity contribution in [3.8, 4) is 0 Å². The molecule has 1 unspecified atom stereocenters. The number of hydrogen-bond acceptors (Lipinski definition) is 5.